The lowest BCUT2D eigenvalue weighted by molar-refractivity contribution is -0.123. The number of hydrogen-bond donors (Lipinski definition) is 3. The van der Waals surface area contributed by atoms with Gasteiger partial charge in [0.15, 0.2) is 0 Å². The molecule has 0 radical (unpaired) electrons. The molecule has 1 aromatic rings. The van der Waals surface area contributed by atoms with Crippen LogP contribution in [0.4, 0.5) is 0 Å². The molecule has 0 spiro atoms. The number of aliphatic hydroxyl groups excluding tert-OH is 1. The van der Waals surface area contributed by atoms with Gasteiger partial charge in [-0.05, 0) is 32.3 Å². The molecule has 6 heteroatoms. The molecular formula is C17H28N4O2. The zero-order chi connectivity index (χ0) is 16.2. The molecule has 1 saturated carbocycles. The molecule has 3 rings (SSSR count). The number of H-pyrrole nitrogens is 1. The molecule has 3 N–H and O–H groups in total. The standard InChI is InChI=1S/C17H28N4O2/c1-12-7-15(20-19-12)8-13-9-21(10-16(13)22)11-17(23)18-14-5-3-2-4-6-14/h7,13-14,16,22H,2-6,8-11H2,1H3,(H,18,23)(H,19,20)/t13-,16+/m1/s1. The number of aliphatic hydroxyl groups is 1. The van der Waals surface area contributed by atoms with Gasteiger partial charge in [-0.1, -0.05) is 19.3 Å². The van der Waals surface area contributed by atoms with E-state index in [9.17, 15) is 9.90 Å². The molecule has 1 saturated heterocycles. The van der Waals surface area contributed by atoms with Crippen molar-refractivity contribution in [1.82, 2.24) is 20.4 Å². The first-order valence-corrected chi connectivity index (χ1v) is 8.81. The summed E-state index contributed by atoms with van der Waals surface area (Å²) in [6.07, 6.45) is 6.32. The normalized spacial score (nSPS) is 26.5. The van der Waals surface area contributed by atoms with Crippen LogP contribution in [0.2, 0.25) is 0 Å². The highest BCUT2D eigenvalue weighted by Gasteiger charge is 2.33. The second kappa shape index (κ2) is 7.45. The quantitative estimate of drug-likeness (QED) is 0.756. The number of aromatic amines is 1. The molecule has 1 amide bonds. The molecular weight excluding hydrogens is 292 g/mol. The maximum absolute atomic E-state index is 12.2. The van der Waals surface area contributed by atoms with Gasteiger partial charge in [0.05, 0.1) is 18.3 Å². The minimum absolute atomic E-state index is 0.0976. The fraction of sp³-hybridized carbons (Fsp3) is 0.765. The number of carbonyl (C=O) groups is 1. The van der Waals surface area contributed by atoms with E-state index in [-0.39, 0.29) is 17.9 Å². The maximum atomic E-state index is 12.2. The monoisotopic (exact) mass is 320 g/mol. The predicted octanol–water partition coefficient (Wildman–Crippen LogP) is 1.00. The van der Waals surface area contributed by atoms with Gasteiger partial charge >= 0.3 is 0 Å². The average molecular weight is 320 g/mol. The third kappa shape index (κ3) is 4.54. The Bertz CT molecular complexity index is 524. The zero-order valence-electron chi connectivity index (χ0n) is 13.9. The molecule has 23 heavy (non-hydrogen) atoms. The molecule has 128 valence electrons. The van der Waals surface area contributed by atoms with E-state index in [0.29, 0.717) is 19.1 Å². The van der Waals surface area contributed by atoms with Gasteiger partial charge in [0.25, 0.3) is 0 Å². The Kier molecular flexibility index (Phi) is 5.33. The molecule has 2 aliphatic rings. The Morgan fingerprint density at radius 2 is 2.17 bits per heavy atom. The first-order valence-electron chi connectivity index (χ1n) is 8.81. The highest BCUT2D eigenvalue weighted by atomic mass is 16.3. The minimum atomic E-state index is -0.380. The summed E-state index contributed by atoms with van der Waals surface area (Å²) in [7, 11) is 0. The number of rotatable bonds is 5. The number of hydrogen-bond acceptors (Lipinski definition) is 4. The van der Waals surface area contributed by atoms with Crippen LogP contribution in [-0.4, -0.2) is 57.9 Å². The van der Waals surface area contributed by atoms with Crippen molar-refractivity contribution in [3.05, 3.63) is 17.5 Å². The Balaban J connectivity index is 1.45. The molecule has 1 aliphatic carbocycles. The van der Waals surface area contributed by atoms with Crippen molar-refractivity contribution < 1.29 is 9.90 Å². The SMILES string of the molecule is Cc1cc(C[C@@H]2CN(CC(=O)NC3CCCCC3)C[C@@H]2O)n[nH]1. The van der Waals surface area contributed by atoms with E-state index in [2.05, 4.69) is 20.4 Å². The first kappa shape index (κ1) is 16.5. The van der Waals surface area contributed by atoms with Crippen molar-refractivity contribution in [3.63, 3.8) is 0 Å². The predicted molar refractivity (Wildman–Crippen MR) is 88.0 cm³/mol. The lowest BCUT2D eigenvalue weighted by atomic mass is 9.95. The van der Waals surface area contributed by atoms with Crippen molar-refractivity contribution in [2.45, 2.75) is 57.6 Å². The van der Waals surface area contributed by atoms with Crippen molar-refractivity contribution >= 4 is 5.91 Å². The number of aryl methyl sites for hydroxylation is 1. The van der Waals surface area contributed by atoms with Gasteiger partial charge < -0.3 is 10.4 Å². The van der Waals surface area contributed by atoms with Gasteiger partial charge in [0.1, 0.15) is 0 Å². The number of β-amino-alcohol motifs (C(OH)–C–C–N with tert-alkyl or cyclic N) is 1. The van der Waals surface area contributed by atoms with Crippen LogP contribution in [0.3, 0.4) is 0 Å². The molecule has 0 bridgehead atoms. The maximum Gasteiger partial charge on any atom is 0.234 e. The van der Waals surface area contributed by atoms with Crippen LogP contribution in [0.5, 0.6) is 0 Å². The lowest BCUT2D eigenvalue weighted by Crippen LogP contribution is -2.42. The first-order chi connectivity index (χ1) is 11.1. The van der Waals surface area contributed by atoms with Crippen molar-refractivity contribution in [3.8, 4) is 0 Å². The number of aromatic nitrogens is 2. The van der Waals surface area contributed by atoms with Crippen LogP contribution >= 0.6 is 0 Å². The van der Waals surface area contributed by atoms with Crippen LogP contribution in [0, 0.1) is 12.8 Å². The Labute approximate surface area is 137 Å². The summed E-state index contributed by atoms with van der Waals surface area (Å²) in [6.45, 7) is 3.70. The summed E-state index contributed by atoms with van der Waals surface area (Å²) in [5, 5.41) is 20.6. The van der Waals surface area contributed by atoms with E-state index in [1.165, 1.54) is 19.3 Å². The highest BCUT2D eigenvalue weighted by molar-refractivity contribution is 5.78. The van der Waals surface area contributed by atoms with Gasteiger partial charge in [0, 0.05) is 30.7 Å². The topological polar surface area (TPSA) is 81.2 Å². The second-order valence-electron chi connectivity index (χ2n) is 7.17. The Hall–Kier alpha value is -1.40. The van der Waals surface area contributed by atoms with Crippen molar-refractivity contribution in [2.75, 3.05) is 19.6 Å². The molecule has 0 unspecified atom stereocenters. The van der Waals surface area contributed by atoms with E-state index in [4.69, 9.17) is 0 Å². The molecule has 1 aliphatic heterocycles. The molecule has 1 aromatic heterocycles. The summed E-state index contributed by atoms with van der Waals surface area (Å²) in [5.41, 5.74) is 2.02. The fourth-order valence-electron chi connectivity index (χ4n) is 3.84. The summed E-state index contributed by atoms with van der Waals surface area (Å²) in [5.74, 6) is 0.251. The van der Waals surface area contributed by atoms with Crippen LogP contribution in [-0.2, 0) is 11.2 Å². The summed E-state index contributed by atoms with van der Waals surface area (Å²) < 4.78 is 0. The number of nitrogens with one attached hydrogen (secondary N) is 2. The summed E-state index contributed by atoms with van der Waals surface area (Å²) in [6, 6.07) is 2.37. The Morgan fingerprint density at radius 3 is 2.87 bits per heavy atom. The fourth-order valence-corrected chi connectivity index (χ4v) is 3.84. The third-order valence-corrected chi connectivity index (χ3v) is 5.05. The molecule has 6 nitrogen and oxygen atoms in total. The average Bonchev–Trinajstić information content (AvgIpc) is 3.06. The van der Waals surface area contributed by atoms with Gasteiger partial charge in [-0.25, -0.2) is 0 Å². The van der Waals surface area contributed by atoms with Crippen LogP contribution in [0.25, 0.3) is 0 Å². The van der Waals surface area contributed by atoms with E-state index < -0.39 is 0 Å². The number of carbonyl (C=O) groups excluding carboxylic acids is 1. The van der Waals surface area contributed by atoms with Crippen LogP contribution in [0.15, 0.2) is 6.07 Å². The highest BCUT2D eigenvalue weighted by Crippen LogP contribution is 2.21. The summed E-state index contributed by atoms with van der Waals surface area (Å²) >= 11 is 0. The smallest absolute Gasteiger partial charge is 0.234 e. The summed E-state index contributed by atoms with van der Waals surface area (Å²) in [4.78, 5) is 14.3. The number of likely N-dealkylation sites (tertiary alicyclic amines) is 1. The largest absolute Gasteiger partial charge is 0.391 e. The number of amides is 1. The Morgan fingerprint density at radius 1 is 1.39 bits per heavy atom. The van der Waals surface area contributed by atoms with Gasteiger partial charge in [-0.15, -0.1) is 0 Å². The van der Waals surface area contributed by atoms with E-state index in [1.54, 1.807) is 0 Å². The van der Waals surface area contributed by atoms with Crippen molar-refractivity contribution in [1.29, 1.82) is 0 Å². The molecule has 2 heterocycles. The lowest BCUT2D eigenvalue weighted by Gasteiger charge is -2.24. The van der Waals surface area contributed by atoms with Crippen LogP contribution < -0.4 is 5.32 Å². The van der Waals surface area contributed by atoms with Crippen LogP contribution in [0.1, 0.15) is 43.5 Å². The van der Waals surface area contributed by atoms with E-state index in [1.807, 2.05) is 13.0 Å². The van der Waals surface area contributed by atoms with Crippen molar-refractivity contribution in [2.24, 2.45) is 5.92 Å². The van der Waals surface area contributed by atoms with Gasteiger partial charge in [-0.3, -0.25) is 14.8 Å². The zero-order valence-corrected chi connectivity index (χ0v) is 13.9. The van der Waals surface area contributed by atoms with E-state index in [0.717, 1.165) is 37.2 Å². The molecule has 2 atom stereocenters. The minimum Gasteiger partial charge on any atom is -0.391 e. The molecule has 2 fully saturated rings. The second-order valence-corrected chi connectivity index (χ2v) is 7.17. The van der Waals surface area contributed by atoms with E-state index >= 15 is 0 Å². The van der Waals surface area contributed by atoms with Gasteiger partial charge in [-0.2, -0.15) is 5.10 Å². The number of nitrogens with zero attached hydrogens (tertiary/aromatic N) is 2. The van der Waals surface area contributed by atoms with Gasteiger partial charge in [0.2, 0.25) is 5.91 Å². The molecule has 0 aromatic carbocycles. The third-order valence-electron chi connectivity index (χ3n) is 5.05.